The van der Waals surface area contributed by atoms with Crippen LogP contribution in [0.1, 0.15) is 56.7 Å². The summed E-state index contributed by atoms with van der Waals surface area (Å²) in [6, 6.07) is 67.5. The standard InChI is InChI=1S/C51H40N2O.C9H10/c1-3-15-34(36-27-28-51-45(32-36)44-21-9-14-26-50(44)54-51)29-35(16-4-2)37-30-38(52-46-22-10-5-17-40(46)41-18-6-11-23-47(41)52)33-39(31-37)53-48-24-12-7-19-42(48)43-20-8-13-25-49(43)53;1-8(2)9-6-4-3-5-7-9/h5-15,17-33H,3-4,16H2,1-2H3;3-7H,1H2,2H3/b34-15-,35-29+;. The summed E-state index contributed by atoms with van der Waals surface area (Å²) in [6.45, 7) is 10.3. The van der Waals surface area contributed by atoms with Gasteiger partial charge in [-0.25, -0.2) is 0 Å². The Kier molecular flexibility index (Phi) is 10.7. The van der Waals surface area contributed by atoms with E-state index in [1.54, 1.807) is 0 Å². The Bertz CT molecular complexity index is 3290. The average Bonchev–Trinajstić information content (AvgIpc) is 3.99. The zero-order chi connectivity index (χ0) is 42.9. The van der Waals surface area contributed by atoms with Gasteiger partial charge >= 0.3 is 0 Å². The molecular formula is C60H50N2O. The number of fused-ring (bicyclic) bond motifs is 9. The molecular weight excluding hydrogens is 765 g/mol. The molecule has 3 heteroatoms. The smallest absolute Gasteiger partial charge is 0.135 e. The summed E-state index contributed by atoms with van der Waals surface area (Å²) in [7, 11) is 0. The maximum Gasteiger partial charge on any atom is 0.135 e. The number of furan rings is 1. The Morgan fingerprint density at radius 2 is 0.952 bits per heavy atom. The molecule has 0 unspecified atom stereocenters. The van der Waals surface area contributed by atoms with Crippen molar-refractivity contribution in [2.45, 2.75) is 40.0 Å². The molecule has 0 saturated heterocycles. The lowest BCUT2D eigenvalue weighted by molar-refractivity contribution is 0.669. The molecule has 63 heavy (non-hydrogen) atoms. The summed E-state index contributed by atoms with van der Waals surface area (Å²) in [5.41, 5.74) is 16.3. The summed E-state index contributed by atoms with van der Waals surface area (Å²) in [6.07, 6.45) is 7.71. The van der Waals surface area contributed by atoms with Gasteiger partial charge in [-0.3, -0.25) is 0 Å². The number of para-hydroxylation sites is 5. The molecule has 306 valence electrons. The Labute approximate surface area is 369 Å². The van der Waals surface area contributed by atoms with E-state index in [1.807, 2.05) is 31.2 Å². The molecule has 0 aliphatic carbocycles. The number of allylic oxidation sites excluding steroid dienone is 5. The summed E-state index contributed by atoms with van der Waals surface area (Å²) in [5.74, 6) is 0. The van der Waals surface area contributed by atoms with Gasteiger partial charge in [-0.2, -0.15) is 0 Å². The van der Waals surface area contributed by atoms with E-state index >= 15 is 0 Å². The molecule has 3 nitrogen and oxygen atoms in total. The Hall–Kier alpha value is -7.62. The third-order valence-corrected chi connectivity index (χ3v) is 12.2. The van der Waals surface area contributed by atoms with Crippen LogP contribution >= 0.6 is 0 Å². The van der Waals surface area contributed by atoms with Gasteiger partial charge in [-0.05, 0) is 108 Å². The van der Waals surface area contributed by atoms with Gasteiger partial charge in [0.2, 0.25) is 0 Å². The van der Waals surface area contributed by atoms with E-state index in [4.69, 9.17) is 4.42 Å². The molecule has 11 aromatic rings. The van der Waals surface area contributed by atoms with Crippen molar-refractivity contribution >= 4 is 82.3 Å². The highest BCUT2D eigenvalue weighted by Gasteiger charge is 2.18. The van der Waals surface area contributed by atoms with Crippen LogP contribution in [-0.2, 0) is 0 Å². The highest BCUT2D eigenvalue weighted by atomic mass is 16.3. The van der Waals surface area contributed by atoms with Crippen molar-refractivity contribution in [3.63, 3.8) is 0 Å². The zero-order valence-electron chi connectivity index (χ0n) is 36.2. The first-order chi connectivity index (χ1) is 31.0. The maximum atomic E-state index is 6.22. The van der Waals surface area contributed by atoms with Gasteiger partial charge in [0.1, 0.15) is 11.2 Å². The third kappa shape index (κ3) is 7.36. The molecule has 0 fully saturated rings. The average molecular weight is 815 g/mol. The van der Waals surface area contributed by atoms with Gasteiger partial charge in [0, 0.05) is 43.7 Å². The number of hydrogen-bond acceptors (Lipinski definition) is 1. The van der Waals surface area contributed by atoms with Crippen molar-refractivity contribution < 1.29 is 4.42 Å². The maximum absolute atomic E-state index is 6.22. The van der Waals surface area contributed by atoms with Crippen LogP contribution < -0.4 is 0 Å². The Morgan fingerprint density at radius 3 is 1.44 bits per heavy atom. The highest BCUT2D eigenvalue weighted by Crippen LogP contribution is 2.39. The van der Waals surface area contributed by atoms with Crippen molar-refractivity contribution in [3.05, 3.63) is 223 Å². The predicted octanol–water partition coefficient (Wildman–Crippen LogP) is 17.2. The van der Waals surface area contributed by atoms with Crippen LogP contribution in [0.25, 0.3) is 93.6 Å². The van der Waals surface area contributed by atoms with Gasteiger partial charge in [-0.15, -0.1) is 0 Å². The lowest BCUT2D eigenvalue weighted by Gasteiger charge is -2.18. The molecule has 3 aromatic heterocycles. The van der Waals surface area contributed by atoms with Crippen molar-refractivity contribution in [2.75, 3.05) is 0 Å². The van der Waals surface area contributed by atoms with E-state index in [-0.39, 0.29) is 0 Å². The minimum Gasteiger partial charge on any atom is -0.456 e. The number of benzene rings is 8. The van der Waals surface area contributed by atoms with Crippen molar-refractivity contribution in [2.24, 2.45) is 0 Å². The first-order valence-corrected chi connectivity index (χ1v) is 22.2. The SMILES string of the molecule is C=C(C)c1ccccc1.CC/C=C(/C=C(\CCC)c1cc(-n2c3ccccc3c3ccccc32)cc(-n2c3ccccc3c3ccccc32)c1)c1ccc2oc3ccccc3c2c1. The summed E-state index contributed by atoms with van der Waals surface area (Å²) < 4.78 is 11.1. The lowest BCUT2D eigenvalue weighted by Crippen LogP contribution is -2.01. The van der Waals surface area contributed by atoms with Gasteiger partial charge in [0.15, 0.2) is 0 Å². The number of aromatic nitrogens is 2. The number of hydrogen-bond donors (Lipinski definition) is 0. The van der Waals surface area contributed by atoms with E-state index in [0.717, 1.165) is 58.1 Å². The van der Waals surface area contributed by atoms with Crippen LogP contribution in [-0.4, -0.2) is 9.13 Å². The van der Waals surface area contributed by atoms with Gasteiger partial charge in [0.25, 0.3) is 0 Å². The van der Waals surface area contributed by atoms with Crippen LogP contribution in [0.15, 0.2) is 211 Å². The monoisotopic (exact) mass is 814 g/mol. The van der Waals surface area contributed by atoms with Gasteiger partial charge < -0.3 is 13.6 Å². The molecule has 0 N–H and O–H groups in total. The van der Waals surface area contributed by atoms with Crippen molar-refractivity contribution in [1.29, 1.82) is 0 Å². The molecule has 8 aromatic carbocycles. The normalized spacial score (nSPS) is 12.2. The third-order valence-electron chi connectivity index (χ3n) is 12.2. The van der Waals surface area contributed by atoms with Crippen LogP contribution in [0, 0.1) is 0 Å². The fraction of sp³-hybridized carbons (Fsp3) is 0.100. The lowest BCUT2D eigenvalue weighted by atomic mass is 9.94. The van der Waals surface area contributed by atoms with E-state index in [0.29, 0.717) is 0 Å². The van der Waals surface area contributed by atoms with Gasteiger partial charge in [-0.1, -0.05) is 172 Å². The molecule has 0 radical (unpaired) electrons. The predicted molar refractivity (Wildman–Crippen MR) is 271 cm³/mol. The van der Waals surface area contributed by atoms with Crippen LogP contribution in [0.3, 0.4) is 0 Å². The van der Waals surface area contributed by atoms with Crippen molar-refractivity contribution in [3.8, 4) is 11.4 Å². The molecule has 0 atom stereocenters. The molecule has 0 aliphatic heterocycles. The largest absolute Gasteiger partial charge is 0.456 e. The molecule has 0 bridgehead atoms. The minimum absolute atomic E-state index is 0.920. The van der Waals surface area contributed by atoms with E-state index in [2.05, 4.69) is 206 Å². The van der Waals surface area contributed by atoms with Gasteiger partial charge in [0.05, 0.1) is 22.1 Å². The second-order valence-electron chi connectivity index (χ2n) is 16.4. The van der Waals surface area contributed by atoms with Crippen LogP contribution in [0.5, 0.6) is 0 Å². The topological polar surface area (TPSA) is 23.0 Å². The molecule has 0 amide bonds. The quantitative estimate of drug-likeness (QED) is 0.133. The minimum atomic E-state index is 0.920. The van der Waals surface area contributed by atoms with E-state index in [1.165, 1.54) is 71.4 Å². The molecule has 0 saturated carbocycles. The first-order valence-electron chi connectivity index (χ1n) is 22.2. The Morgan fingerprint density at radius 1 is 0.476 bits per heavy atom. The highest BCUT2D eigenvalue weighted by molar-refractivity contribution is 6.11. The van der Waals surface area contributed by atoms with E-state index < -0.39 is 0 Å². The number of rotatable bonds is 9. The second-order valence-corrected chi connectivity index (χ2v) is 16.4. The first kappa shape index (κ1) is 39.5. The zero-order valence-corrected chi connectivity index (χ0v) is 36.2. The second kappa shape index (κ2) is 17.0. The summed E-state index contributed by atoms with van der Waals surface area (Å²) >= 11 is 0. The fourth-order valence-electron chi connectivity index (χ4n) is 9.31. The van der Waals surface area contributed by atoms with E-state index in [9.17, 15) is 0 Å². The molecule has 0 aliphatic rings. The molecule has 0 spiro atoms. The van der Waals surface area contributed by atoms with Crippen LogP contribution in [0.4, 0.5) is 0 Å². The number of nitrogens with zero attached hydrogens (tertiary/aromatic N) is 2. The van der Waals surface area contributed by atoms with Crippen molar-refractivity contribution in [1.82, 2.24) is 9.13 Å². The summed E-state index contributed by atoms with van der Waals surface area (Å²) in [4.78, 5) is 0. The fourth-order valence-corrected chi connectivity index (χ4v) is 9.31. The summed E-state index contributed by atoms with van der Waals surface area (Å²) in [5, 5.41) is 7.34. The molecule has 3 heterocycles. The van der Waals surface area contributed by atoms with Crippen LogP contribution in [0.2, 0.25) is 0 Å². The molecule has 11 rings (SSSR count). The Balaban J connectivity index is 0.000000469.